The minimum absolute atomic E-state index is 0.153. The average molecular weight is 435 g/mol. The number of hydrogen-bond donors (Lipinski definition) is 2. The number of aromatic amines is 1. The fourth-order valence-electron chi connectivity index (χ4n) is 5.30. The van der Waals surface area contributed by atoms with Crippen molar-refractivity contribution in [3.05, 3.63) is 53.6 Å². The Morgan fingerprint density at radius 2 is 2.09 bits per heavy atom. The highest BCUT2D eigenvalue weighted by Gasteiger charge is 2.35. The van der Waals surface area contributed by atoms with E-state index in [1.54, 1.807) is 18.3 Å². The van der Waals surface area contributed by atoms with Crippen molar-refractivity contribution >= 4 is 27.8 Å². The number of nitrogens with one attached hydrogen (secondary N) is 1. The molecular formula is C25H26FN3O3. The second-order valence-corrected chi connectivity index (χ2v) is 8.98. The summed E-state index contributed by atoms with van der Waals surface area (Å²) in [6.45, 7) is 4.29. The van der Waals surface area contributed by atoms with Crippen molar-refractivity contribution in [1.29, 1.82) is 0 Å². The monoisotopic (exact) mass is 435 g/mol. The number of carboxylic acid groups (broad SMARTS) is 1. The van der Waals surface area contributed by atoms with Gasteiger partial charge in [0.1, 0.15) is 0 Å². The fraction of sp³-hybridized carbons (Fsp3) is 0.360. The third-order valence-corrected chi connectivity index (χ3v) is 6.73. The maximum absolute atomic E-state index is 14.2. The summed E-state index contributed by atoms with van der Waals surface area (Å²) in [6, 6.07) is 9.13. The van der Waals surface area contributed by atoms with Crippen LogP contribution in [0.25, 0.3) is 27.5 Å². The van der Waals surface area contributed by atoms with E-state index in [2.05, 4.69) is 40.7 Å². The van der Waals surface area contributed by atoms with E-state index in [0.29, 0.717) is 12.8 Å². The van der Waals surface area contributed by atoms with Gasteiger partial charge in [0.2, 0.25) is 0 Å². The first kappa shape index (κ1) is 20.5. The van der Waals surface area contributed by atoms with E-state index in [4.69, 9.17) is 4.74 Å². The summed E-state index contributed by atoms with van der Waals surface area (Å²) in [7, 11) is 1.46. The summed E-state index contributed by atoms with van der Waals surface area (Å²) in [5.74, 6) is -0.927. The molecule has 0 bridgehead atoms. The summed E-state index contributed by atoms with van der Waals surface area (Å²) in [5, 5.41) is 18.9. The zero-order valence-electron chi connectivity index (χ0n) is 18.4. The molecule has 2 atom stereocenters. The molecule has 2 aromatic carbocycles. The predicted octanol–water partition coefficient (Wildman–Crippen LogP) is 5.75. The molecule has 0 amide bonds. The summed E-state index contributed by atoms with van der Waals surface area (Å²) >= 11 is 0. The third-order valence-electron chi connectivity index (χ3n) is 6.73. The lowest BCUT2D eigenvalue weighted by Gasteiger charge is -2.19. The molecule has 2 N–H and O–H groups in total. The van der Waals surface area contributed by atoms with E-state index in [9.17, 15) is 14.3 Å². The van der Waals surface area contributed by atoms with Crippen molar-refractivity contribution in [2.75, 3.05) is 7.11 Å². The van der Waals surface area contributed by atoms with Crippen molar-refractivity contribution < 1.29 is 19.0 Å². The highest BCUT2D eigenvalue weighted by atomic mass is 19.1. The molecule has 1 aliphatic carbocycles. The first-order chi connectivity index (χ1) is 15.4. The van der Waals surface area contributed by atoms with Crippen LogP contribution >= 0.6 is 0 Å². The Kier molecular flexibility index (Phi) is 4.92. The van der Waals surface area contributed by atoms with E-state index in [1.807, 2.05) is 0 Å². The lowest BCUT2D eigenvalue weighted by molar-refractivity contribution is -0.141. The molecule has 0 radical (unpaired) electrons. The Morgan fingerprint density at radius 3 is 2.78 bits per heavy atom. The van der Waals surface area contributed by atoms with Gasteiger partial charge >= 0.3 is 5.97 Å². The van der Waals surface area contributed by atoms with Crippen LogP contribution in [0, 0.1) is 11.7 Å². The van der Waals surface area contributed by atoms with E-state index in [0.717, 1.165) is 39.6 Å². The van der Waals surface area contributed by atoms with E-state index in [-0.39, 0.29) is 23.5 Å². The molecule has 6 nitrogen and oxygen atoms in total. The van der Waals surface area contributed by atoms with Gasteiger partial charge in [0.05, 0.1) is 30.3 Å². The van der Waals surface area contributed by atoms with E-state index >= 15 is 0 Å². The van der Waals surface area contributed by atoms with Crippen molar-refractivity contribution in [3.8, 4) is 11.4 Å². The maximum Gasteiger partial charge on any atom is 0.306 e. The van der Waals surface area contributed by atoms with Gasteiger partial charge < -0.3 is 14.4 Å². The number of nitrogens with zero attached hydrogens (tertiary/aromatic N) is 2. The molecule has 0 aliphatic heterocycles. The smallest absolute Gasteiger partial charge is 0.306 e. The molecule has 7 heteroatoms. The van der Waals surface area contributed by atoms with Crippen LogP contribution in [0.1, 0.15) is 56.2 Å². The topological polar surface area (TPSA) is 80.1 Å². The van der Waals surface area contributed by atoms with Crippen LogP contribution in [0.3, 0.4) is 0 Å². The lowest BCUT2D eigenvalue weighted by Crippen LogP contribution is -2.10. The van der Waals surface area contributed by atoms with Gasteiger partial charge in [0.25, 0.3) is 0 Å². The van der Waals surface area contributed by atoms with Crippen molar-refractivity contribution in [3.63, 3.8) is 0 Å². The Bertz CT molecular complexity index is 1340. The summed E-state index contributed by atoms with van der Waals surface area (Å²) in [5.41, 5.74) is 5.09. The number of H-pyrrole nitrogens is 1. The largest absolute Gasteiger partial charge is 0.494 e. The van der Waals surface area contributed by atoms with Gasteiger partial charge in [-0.25, -0.2) is 4.39 Å². The van der Waals surface area contributed by atoms with Crippen LogP contribution in [0.2, 0.25) is 0 Å². The molecule has 1 saturated carbocycles. The minimum Gasteiger partial charge on any atom is -0.494 e. The standard InChI is InChI=1S/C25H26FN3O3/c1-13(2)24-23(14-4-5-15(8-14)25(30)31)18-11-20-16(12-27-28-20)9-21(18)29(24)17-6-7-19(26)22(10-17)32-3/h6-7,9-15H,4-5,8H2,1-3H3,(H,27,28)(H,30,31)/t14-,15?/m1/s1. The Morgan fingerprint density at radius 1 is 1.28 bits per heavy atom. The van der Waals surface area contributed by atoms with Crippen LogP contribution in [-0.2, 0) is 4.79 Å². The highest BCUT2D eigenvalue weighted by Crippen LogP contribution is 2.47. The van der Waals surface area contributed by atoms with Crippen molar-refractivity contribution in [2.45, 2.75) is 44.9 Å². The number of aliphatic carboxylic acids is 1. The number of fused-ring (bicyclic) bond motifs is 2. The molecule has 166 valence electrons. The molecule has 32 heavy (non-hydrogen) atoms. The number of methoxy groups -OCH3 is 1. The SMILES string of the molecule is COc1cc(-n2c(C(C)C)c([C@@H]3CCC(C(=O)O)C3)c3cc4[nH]ncc4cc32)ccc1F. The molecule has 0 spiro atoms. The molecular weight excluding hydrogens is 409 g/mol. The number of halogens is 1. The number of rotatable bonds is 5. The molecule has 5 rings (SSSR count). The van der Waals surface area contributed by atoms with Crippen LogP contribution < -0.4 is 4.74 Å². The van der Waals surface area contributed by atoms with E-state index in [1.165, 1.54) is 18.7 Å². The molecule has 1 fully saturated rings. The molecule has 1 unspecified atom stereocenters. The van der Waals surface area contributed by atoms with Gasteiger partial charge in [-0.2, -0.15) is 5.10 Å². The minimum atomic E-state index is -0.721. The second-order valence-electron chi connectivity index (χ2n) is 8.98. The number of benzene rings is 2. The van der Waals surface area contributed by atoms with Crippen LogP contribution in [0.5, 0.6) is 5.75 Å². The lowest BCUT2D eigenvalue weighted by atomic mass is 9.90. The van der Waals surface area contributed by atoms with Crippen molar-refractivity contribution in [2.24, 2.45) is 5.92 Å². The molecule has 1 aliphatic rings. The zero-order valence-corrected chi connectivity index (χ0v) is 18.4. The first-order valence-corrected chi connectivity index (χ1v) is 11.0. The second kappa shape index (κ2) is 7.65. The predicted molar refractivity (Wildman–Crippen MR) is 121 cm³/mol. The number of ether oxygens (including phenoxy) is 1. The van der Waals surface area contributed by atoms with Gasteiger partial charge in [0, 0.05) is 28.2 Å². The van der Waals surface area contributed by atoms with Crippen molar-refractivity contribution in [1.82, 2.24) is 14.8 Å². The Hall–Kier alpha value is -3.35. The van der Waals surface area contributed by atoms with Gasteiger partial charge in [0.15, 0.2) is 11.6 Å². The van der Waals surface area contributed by atoms with Crippen LogP contribution in [-0.4, -0.2) is 33.0 Å². The number of carboxylic acids is 1. The molecule has 2 heterocycles. The molecule has 2 aromatic heterocycles. The summed E-state index contributed by atoms with van der Waals surface area (Å²) in [6.07, 6.45) is 3.94. The molecule has 0 saturated heterocycles. The maximum atomic E-state index is 14.2. The van der Waals surface area contributed by atoms with E-state index < -0.39 is 11.8 Å². The average Bonchev–Trinajstić information content (AvgIpc) is 3.49. The summed E-state index contributed by atoms with van der Waals surface area (Å²) < 4.78 is 21.6. The first-order valence-electron chi connectivity index (χ1n) is 11.0. The fourth-order valence-corrected chi connectivity index (χ4v) is 5.30. The van der Waals surface area contributed by atoms with Crippen LogP contribution in [0.4, 0.5) is 4.39 Å². The van der Waals surface area contributed by atoms with Gasteiger partial charge in [-0.05, 0) is 60.9 Å². The Balaban J connectivity index is 1.83. The Labute approximate surface area is 185 Å². The van der Waals surface area contributed by atoms with Crippen LogP contribution in [0.15, 0.2) is 36.5 Å². The van der Waals surface area contributed by atoms with Gasteiger partial charge in [-0.3, -0.25) is 9.89 Å². The number of aromatic nitrogens is 3. The van der Waals surface area contributed by atoms with Gasteiger partial charge in [-0.15, -0.1) is 0 Å². The molecule has 4 aromatic rings. The third kappa shape index (κ3) is 3.15. The summed E-state index contributed by atoms with van der Waals surface area (Å²) in [4.78, 5) is 11.7. The normalized spacial score (nSPS) is 18.8. The zero-order chi connectivity index (χ0) is 22.6. The number of carbonyl (C=O) groups is 1. The number of hydrogen-bond acceptors (Lipinski definition) is 3. The van der Waals surface area contributed by atoms with Gasteiger partial charge in [-0.1, -0.05) is 13.8 Å². The highest BCUT2D eigenvalue weighted by molar-refractivity contribution is 5.99. The quantitative estimate of drug-likeness (QED) is 0.419.